The van der Waals surface area contributed by atoms with E-state index in [0.29, 0.717) is 25.4 Å². The highest BCUT2D eigenvalue weighted by Crippen LogP contribution is 2.36. The third-order valence-electron chi connectivity index (χ3n) is 5.01. The standard InChI is InChI=1S/C20H20FNO2/c21-18-7-3-4-8-19(18)24-16-12-22(13-16)20(23)11-15-10-9-14-5-1-2-6-17(14)15/h1-8,15-16H,9-13H2. The molecule has 1 heterocycles. The van der Waals surface area contributed by atoms with Crippen molar-refractivity contribution in [3.05, 3.63) is 65.5 Å². The molecular formula is C20H20FNO2. The Kier molecular flexibility index (Phi) is 3.97. The van der Waals surface area contributed by atoms with E-state index in [1.807, 2.05) is 11.0 Å². The van der Waals surface area contributed by atoms with Crippen LogP contribution in [-0.2, 0) is 11.2 Å². The molecular weight excluding hydrogens is 305 g/mol. The molecule has 2 aliphatic rings. The third-order valence-corrected chi connectivity index (χ3v) is 5.01. The molecule has 3 nitrogen and oxygen atoms in total. The number of ether oxygens (including phenoxy) is 1. The predicted molar refractivity (Wildman–Crippen MR) is 89.5 cm³/mol. The van der Waals surface area contributed by atoms with Gasteiger partial charge in [0.05, 0.1) is 13.1 Å². The smallest absolute Gasteiger partial charge is 0.223 e. The first-order valence-electron chi connectivity index (χ1n) is 8.47. The van der Waals surface area contributed by atoms with Gasteiger partial charge in [0.2, 0.25) is 5.91 Å². The molecule has 0 radical (unpaired) electrons. The maximum absolute atomic E-state index is 13.6. The number of aryl methyl sites for hydroxylation is 1. The van der Waals surface area contributed by atoms with Gasteiger partial charge in [-0.2, -0.15) is 0 Å². The van der Waals surface area contributed by atoms with Gasteiger partial charge in [0.25, 0.3) is 0 Å². The number of likely N-dealkylation sites (tertiary alicyclic amines) is 1. The molecule has 1 amide bonds. The maximum Gasteiger partial charge on any atom is 0.223 e. The van der Waals surface area contributed by atoms with Gasteiger partial charge < -0.3 is 9.64 Å². The van der Waals surface area contributed by atoms with Crippen molar-refractivity contribution in [2.45, 2.75) is 31.3 Å². The number of fused-ring (bicyclic) bond motifs is 1. The fourth-order valence-electron chi connectivity index (χ4n) is 3.63. The van der Waals surface area contributed by atoms with E-state index in [2.05, 4.69) is 18.2 Å². The highest BCUT2D eigenvalue weighted by molar-refractivity contribution is 5.78. The van der Waals surface area contributed by atoms with Gasteiger partial charge in [0.15, 0.2) is 11.6 Å². The minimum Gasteiger partial charge on any atom is -0.484 e. The topological polar surface area (TPSA) is 29.5 Å². The number of hydrogen-bond acceptors (Lipinski definition) is 2. The summed E-state index contributed by atoms with van der Waals surface area (Å²) in [6.45, 7) is 1.09. The molecule has 124 valence electrons. The average Bonchev–Trinajstić information content (AvgIpc) is 2.95. The van der Waals surface area contributed by atoms with Crippen molar-refractivity contribution in [2.75, 3.05) is 13.1 Å². The number of para-hydroxylation sites is 1. The van der Waals surface area contributed by atoms with E-state index in [1.165, 1.54) is 17.2 Å². The lowest BCUT2D eigenvalue weighted by atomic mass is 9.96. The lowest BCUT2D eigenvalue weighted by molar-refractivity contribution is -0.140. The van der Waals surface area contributed by atoms with Crippen LogP contribution in [0, 0.1) is 5.82 Å². The van der Waals surface area contributed by atoms with Crippen molar-refractivity contribution in [1.29, 1.82) is 0 Å². The van der Waals surface area contributed by atoms with Crippen molar-refractivity contribution < 1.29 is 13.9 Å². The van der Waals surface area contributed by atoms with Gasteiger partial charge in [-0.15, -0.1) is 0 Å². The molecule has 4 rings (SSSR count). The second-order valence-corrected chi connectivity index (χ2v) is 6.61. The van der Waals surface area contributed by atoms with Gasteiger partial charge in [-0.05, 0) is 42.0 Å². The fourth-order valence-corrected chi connectivity index (χ4v) is 3.63. The molecule has 1 fully saturated rings. The molecule has 2 aromatic rings. The molecule has 1 saturated heterocycles. The third kappa shape index (κ3) is 2.88. The lowest BCUT2D eigenvalue weighted by Gasteiger charge is -2.39. The van der Waals surface area contributed by atoms with E-state index in [0.717, 1.165) is 12.8 Å². The number of amides is 1. The SMILES string of the molecule is O=C(CC1CCc2ccccc21)N1CC(Oc2ccccc2F)C1. The summed E-state index contributed by atoms with van der Waals surface area (Å²) in [5.41, 5.74) is 2.70. The predicted octanol–water partition coefficient (Wildman–Crippen LogP) is 3.54. The summed E-state index contributed by atoms with van der Waals surface area (Å²) in [6, 6.07) is 14.8. The van der Waals surface area contributed by atoms with Crippen molar-refractivity contribution in [1.82, 2.24) is 4.90 Å². The summed E-state index contributed by atoms with van der Waals surface area (Å²) in [6.07, 6.45) is 2.56. The summed E-state index contributed by atoms with van der Waals surface area (Å²) in [5.74, 6) is 0.412. The van der Waals surface area contributed by atoms with Crippen molar-refractivity contribution in [2.24, 2.45) is 0 Å². The molecule has 0 bridgehead atoms. The van der Waals surface area contributed by atoms with E-state index in [4.69, 9.17) is 4.74 Å². The summed E-state index contributed by atoms with van der Waals surface area (Å²) < 4.78 is 19.2. The van der Waals surface area contributed by atoms with Crippen LogP contribution in [0.5, 0.6) is 5.75 Å². The summed E-state index contributed by atoms with van der Waals surface area (Å²) >= 11 is 0. The molecule has 1 aliphatic heterocycles. The van der Waals surface area contributed by atoms with E-state index in [-0.39, 0.29) is 23.6 Å². The van der Waals surface area contributed by atoms with Crippen LogP contribution >= 0.6 is 0 Å². The van der Waals surface area contributed by atoms with Crippen LogP contribution in [0.3, 0.4) is 0 Å². The zero-order valence-electron chi connectivity index (χ0n) is 13.5. The van der Waals surface area contributed by atoms with Crippen LogP contribution < -0.4 is 4.74 Å². The highest BCUT2D eigenvalue weighted by atomic mass is 19.1. The van der Waals surface area contributed by atoms with Crippen LogP contribution in [0.2, 0.25) is 0 Å². The van der Waals surface area contributed by atoms with Gasteiger partial charge in [-0.25, -0.2) is 4.39 Å². The number of benzene rings is 2. The van der Waals surface area contributed by atoms with E-state index < -0.39 is 0 Å². The van der Waals surface area contributed by atoms with E-state index in [9.17, 15) is 9.18 Å². The zero-order valence-corrected chi connectivity index (χ0v) is 13.5. The van der Waals surface area contributed by atoms with Gasteiger partial charge in [-0.3, -0.25) is 4.79 Å². The Balaban J connectivity index is 1.30. The van der Waals surface area contributed by atoms with Crippen molar-refractivity contribution in [3.63, 3.8) is 0 Å². The second-order valence-electron chi connectivity index (χ2n) is 6.61. The Hall–Kier alpha value is -2.36. The number of carbonyl (C=O) groups is 1. The zero-order chi connectivity index (χ0) is 16.5. The van der Waals surface area contributed by atoms with Gasteiger partial charge in [-0.1, -0.05) is 36.4 Å². The van der Waals surface area contributed by atoms with E-state index in [1.54, 1.807) is 18.2 Å². The van der Waals surface area contributed by atoms with Crippen LogP contribution in [0.1, 0.15) is 29.9 Å². The molecule has 0 N–H and O–H groups in total. The van der Waals surface area contributed by atoms with Crippen molar-refractivity contribution >= 4 is 5.91 Å². The molecule has 24 heavy (non-hydrogen) atoms. The first kappa shape index (κ1) is 15.2. The summed E-state index contributed by atoms with van der Waals surface area (Å²) in [7, 11) is 0. The Morgan fingerprint density at radius 3 is 2.71 bits per heavy atom. The molecule has 2 aromatic carbocycles. The first-order chi connectivity index (χ1) is 11.7. The monoisotopic (exact) mass is 325 g/mol. The first-order valence-corrected chi connectivity index (χ1v) is 8.47. The quantitative estimate of drug-likeness (QED) is 0.860. The minimum absolute atomic E-state index is 0.110. The average molecular weight is 325 g/mol. The van der Waals surface area contributed by atoms with Gasteiger partial charge in [0, 0.05) is 6.42 Å². The van der Waals surface area contributed by atoms with Gasteiger partial charge >= 0.3 is 0 Å². The normalized spacial score (nSPS) is 19.7. The Labute approximate surface area is 141 Å². The molecule has 1 unspecified atom stereocenters. The Bertz CT molecular complexity index is 755. The molecule has 0 spiro atoms. The van der Waals surface area contributed by atoms with Crippen molar-refractivity contribution in [3.8, 4) is 5.75 Å². The number of carbonyl (C=O) groups excluding carboxylic acids is 1. The molecule has 4 heteroatoms. The summed E-state index contributed by atoms with van der Waals surface area (Å²) in [4.78, 5) is 14.3. The Morgan fingerprint density at radius 1 is 1.12 bits per heavy atom. The van der Waals surface area contributed by atoms with Crippen LogP contribution in [-0.4, -0.2) is 30.0 Å². The molecule has 1 aliphatic carbocycles. The molecule has 1 atom stereocenters. The lowest BCUT2D eigenvalue weighted by Crippen LogP contribution is -2.56. The van der Waals surface area contributed by atoms with E-state index >= 15 is 0 Å². The maximum atomic E-state index is 13.6. The van der Waals surface area contributed by atoms with Crippen LogP contribution in [0.15, 0.2) is 48.5 Å². The Morgan fingerprint density at radius 2 is 1.88 bits per heavy atom. The number of hydrogen-bond donors (Lipinski definition) is 0. The largest absolute Gasteiger partial charge is 0.484 e. The number of halogens is 1. The fraction of sp³-hybridized carbons (Fsp3) is 0.350. The number of nitrogens with zero attached hydrogens (tertiary/aromatic N) is 1. The second kappa shape index (κ2) is 6.27. The summed E-state index contributed by atoms with van der Waals surface area (Å²) in [5, 5.41) is 0. The van der Waals surface area contributed by atoms with Gasteiger partial charge in [0.1, 0.15) is 6.10 Å². The molecule has 0 aromatic heterocycles. The molecule has 0 saturated carbocycles. The van der Waals surface area contributed by atoms with Crippen LogP contribution in [0.4, 0.5) is 4.39 Å². The minimum atomic E-state index is -0.357. The highest BCUT2D eigenvalue weighted by Gasteiger charge is 2.34. The number of rotatable bonds is 4. The van der Waals surface area contributed by atoms with Crippen LogP contribution in [0.25, 0.3) is 0 Å².